The zero-order chi connectivity index (χ0) is 9.52. The van der Waals surface area contributed by atoms with E-state index in [1.54, 1.807) is 23.9 Å². The first kappa shape index (κ1) is 10.4. The molecule has 0 spiro atoms. The van der Waals surface area contributed by atoms with Crippen LogP contribution in [0.5, 0.6) is 0 Å². The van der Waals surface area contributed by atoms with Gasteiger partial charge >= 0.3 is 0 Å². The molecule has 13 heavy (non-hydrogen) atoms. The first-order valence-corrected chi connectivity index (χ1v) is 5.22. The third-order valence-electron chi connectivity index (χ3n) is 1.45. The summed E-state index contributed by atoms with van der Waals surface area (Å²) >= 11 is 7.05. The maximum Gasteiger partial charge on any atom is 0.150 e. The average Bonchev–Trinajstić information content (AvgIpc) is 2.19. The van der Waals surface area contributed by atoms with Crippen LogP contribution in [0, 0.1) is 0 Å². The molecule has 0 aliphatic carbocycles. The standard InChI is InChI=1S/C10H9ClOS/c11-6-1-7-13-10-4-2-9(8-12)3-5-10/h1-6,8H,7H2/b6-1+. The largest absolute Gasteiger partial charge is 0.298 e. The molecule has 0 saturated heterocycles. The number of thioether (sulfide) groups is 1. The van der Waals surface area contributed by atoms with Crippen molar-refractivity contribution in [3.05, 3.63) is 41.4 Å². The van der Waals surface area contributed by atoms with E-state index in [2.05, 4.69) is 0 Å². The van der Waals surface area contributed by atoms with Gasteiger partial charge in [0, 0.05) is 21.7 Å². The van der Waals surface area contributed by atoms with Gasteiger partial charge in [-0.3, -0.25) is 4.79 Å². The van der Waals surface area contributed by atoms with E-state index in [0.717, 1.165) is 16.9 Å². The Hall–Kier alpha value is -0.730. The Kier molecular flexibility index (Phi) is 4.65. The van der Waals surface area contributed by atoms with E-state index in [1.807, 2.05) is 18.2 Å². The fraction of sp³-hybridized carbons (Fsp3) is 0.100. The van der Waals surface area contributed by atoms with Crippen LogP contribution in [-0.2, 0) is 0 Å². The zero-order valence-electron chi connectivity index (χ0n) is 6.94. The first-order valence-electron chi connectivity index (χ1n) is 3.80. The second-order valence-corrected chi connectivity index (χ2v) is 3.70. The predicted molar refractivity (Wildman–Crippen MR) is 57.5 cm³/mol. The maximum absolute atomic E-state index is 10.3. The van der Waals surface area contributed by atoms with Crippen LogP contribution in [-0.4, -0.2) is 12.0 Å². The van der Waals surface area contributed by atoms with Crippen molar-refractivity contribution in [3.63, 3.8) is 0 Å². The molecule has 0 aliphatic heterocycles. The van der Waals surface area contributed by atoms with Crippen LogP contribution in [0.25, 0.3) is 0 Å². The predicted octanol–water partition coefficient (Wildman–Crippen LogP) is 3.34. The highest BCUT2D eigenvalue weighted by atomic mass is 35.5. The molecule has 0 aliphatic rings. The topological polar surface area (TPSA) is 17.1 Å². The second kappa shape index (κ2) is 5.84. The zero-order valence-corrected chi connectivity index (χ0v) is 8.52. The first-order chi connectivity index (χ1) is 6.36. The Morgan fingerprint density at radius 3 is 2.54 bits per heavy atom. The molecule has 1 rings (SSSR count). The number of aldehydes is 1. The minimum absolute atomic E-state index is 0.706. The van der Waals surface area contributed by atoms with E-state index in [0.29, 0.717) is 5.56 Å². The molecule has 3 heteroatoms. The van der Waals surface area contributed by atoms with Crippen LogP contribution >= 0.6 is 23.4 Å². The minimum Gasteiger partial charge on any atom is -0.298 e. The van der Waals surface area contributed by atoms with Crippen LogP contribution in [0.4, 0.5) is 0 Å². The third-order valence-corrected chi connectivity index (χ3v) is 2.59. The van der Waals surface area contributed by atoms with Crippen LogP contribution in [0.15, 0.2) is 40.8 Å². The van der Waals surface area contributed by atoms with Gasteiger partial charge in [0.15, 0.2) is 0 Å². The van der Waals surface area contributed by atoms with Gasteiger partial charge in [-0.15, -0.1) is 11.8 Å². The Morgan fingerprint density at radius 1 is 1.31 bits per heavy atom. The molecule has 0 radical (unpaired) electrons. The lowest BCUT2D eigenvalue weighted by atomic mass is 10.2. The summed E-state index contributed by atoms with van der Waals surface area (Å²) in [6, 6.07) is 7.46. The van der Waals surface area contributed by atoms with Crippen molar-refractivity contribution < 1.29 is 4.79 Å². The Morgan fingerprint density at radius 2 is 2.00 bits per heavy atom. The van der Waals surface area contributed by atoms with Crippen LogP contribution < -0.4 is 0 Å². The van der Waals surface area contributed by atoms with Crippen molar-refractivity contribution in [2.45, 2.75) is 4.90 Å². The van der Waals surface area contributed by atoms with E-state index in [4.69, 9.17) is 11.6 Å². The van der Waals surface area contributed by atoms with E-state index in [9.17, 15) is 4.79 Å². The lowest BCUT2D eigenvalue weighted by Crippen LogP contribution is -1.79. The molecular weight excluding hydrogens is 204 g/mol. The van der Waals surface area contributed by atoms with Crippen molar-refractivity contribution in [2.24, 2.45) is 0 Å². The van der Waals surface area contributed by atoms with Crippen molar-refractivity contribution in [3.8, 4) is 0 Å². The monoisotopic (exact) mass is 212 g/mol. The molecule has 68 valence electrons. The summed E-state index contributed by atoms with van der Waals surface area (Å²) in [4.78, 5) is 11.5. The molecule has 0 atom stereocenters. The second-order valence-electron chi connectivity index (χ2n) is 2.36. The number of benzene rings is 1. The summed E-state index contributed by atoms with van der Waals surface area (Å²) in [7, 11) is 0. The normalized spacial score (nSPS) is 10.5. The van der Waals surface area contributed by atoms with Gasteiger partial charge in [-0.25, -0.2) is 0 Å². The quantitative estimate of drug-likeness (QED) is 0.563. The number of hydrogen-bond donors (Lipinski definition) is 0. The number of rotatable bonds is 4. The molecule has 0 heterocycles. The van der Waals surface area contributed by atoms with Crippen LogP contribution in [0.3, 0.4) is 0 Å². The van der Waals surface area contributed by atoms with Gasteiger partial charge < -0.3 is 0 Å². The lowest BCUT2D eigenvalue weighted by molar-refractivity contribution is 0.112. The van der Waals surface area contributed by atoms with Gasteiger partial charge in [0.05, 0.1) is 0 Å². The summed E-state index contributed by atoms with van der Waals surface area (Å²) in [5, 5.41) is 0. The van der Waals surface area contributed by atoms with Crippen molar-refractivity contribution >= 4 is 29.6 Å². The molecule has 0 bridgehead atoms. The molecule has 1 nitrogen and oxygen atoms in total. The highest BCUT2D eigenvalue weighted by molar-refractivity contribution is 7.99. The summed E-state index contributed by atoms with van der Waals surface area (Å²) in [6.45, 7) is 0. The Balaban J connectivity index is 2.53. The molecule has 0 fully saturated rings. The highest BCUT2D eigenvalue weighted by Crippen LogP contribution is 2.17. The molecule has 1 aromatic carbocycles. The summed E-state index contributed by atoms with van der Waals surface area (Å²) in [5.41, 5.74) is 2.21. The summed E-state index contributed by atoms with van der Waals surface area (Å²) in [5.74, 6) is 0.851. The van der Waals surface area contributed by atoms with Gasteiger partial charge in [0.1, 0.15) is 6.29 Å². The fourth-order valence-corrected chi connectivity index (χ4v) is 1.73. The van der Waals surface area contributed by atoms with Gasteiger partial charge in [0.2, 0.25) is 0 Å². The smallest absolute Gasteiger partial charge is 0.150 e. The molecule has 0 amide bonds. The van der Waals surface area contributed by atoms with E-state index < -0.39 is 0 Å². The fourth-order valence-electron chi connectivity index (χ4n) is 0.823. The molecule has 0 aromatic heterocycles. The number of halogens is 1. The van der Waals surface area contributed by atoms with E-state index in [1.165, 1.54) is 5.54 Å². The lowest BCUT2D eigenvalue weighted by Gasteiger charge is -1.97. The molecule has 0 saturated carbocycles. The van der Waals surface area contributed by atoms with Crippen LogP contribution in [0.1, 0.15) is 10.4 Å². The van der Waals surface area contributed by atoms with Gasteiger partial charge in [0.25, 0.3) is 0 Å². The maximum atomic E-state index is 10.3. The summed E-state index contributed by atoms with van der Waals surface area (Å²) in [6.07, 6.45) is 2.72. The van der Waals surface area contributed by atoms with Gasteiger partial charge in [-0.2, -0.15) is 0 Å². The Bertz CT molecular complexity index is 292. The van der Waals surface area contributed by atoms with Gasteiger partial charge in [-0.1, -0.05) is 29.8 Å². The number of hydrogen-bond acceptors (Lipinski definition) is 2. The van der Waals surface area contributed by atoms with Crippen molar-refractivity contribution in [1.82, 2.24) is 0 Å². The van der Waals surface area contributed by atoms with Gasteiger partial charge in [-0.05, 0) is 12.1 Å². The minimum atomic E-state index is 0.706. The van der Waals surface area contributed by atoms with E-state index >= 15 is 0 Å². The molecular formula is C10H9ClOS. The van der Waals surface area contributed by atoms with Crippen molar-refractivity contribution in [2.75, 3.05) is 5.75 Å². The molecule has 1 aromatic rings. The SMILES string of the molecule is O=Cc1ccc(SC/C=C/Cl)cc1. The number of carbonyl (C=O) groups excluding carboxylic acids is 1. The van der Waals surface area contributed by atoms with E-state index in [-0.39, 0.29) is 0 Å². The van der Waals surface area contributed by atoms with Crippen molar-refractivity contribution in [1.29, 1.82) is 0 Å². The number of carbonyl (C=O) groups is 1. The Labute approximate surface area is 86.8 Å². The van der Waals surface area contributed by atoms with Crippen LogP contribution in [0.2, 0.25) is 0 Å². The third kappa shape index (κ3) is 3.66. The molecule has 0 N–H and O–H groups in total. The average molecular weight is 213 g/mol. The molecule has 0 unspecified atom stereocenters. The highest BCUT2D eigenvalue weighted by Gasteiger charge is 1.92. The summed E-state index contributed by atoms with van der Waals surface area (Å²) < 4.78 is 0.